The molecule has 0 radical (unpaired) electrons. The van der Waals surface area contributed by atoms with Crippen molar-refractivity contribution in [3.63, 3.8) is 0 Å². The molecular weight excluding hydrogens is 222 g/mol. The van der Waals surface area contributed by atoms with Crippen molar-refractivity contribution in [2.24, 2.45) is 0 Å². The standard InChI is InChI=1S/C12H12ClN3/c13-10-3-1-2-9(6-10)12-7-11-8-14-4-5-16(11)15-12/h1-3,6-7,14H,4-5,8H2. The fourth-order valence-corrected chi connectivity index (χ4v) is 2.17. The summed E-state index contributed by atoms with van der Waals surface area (Å²) >= 11 is 5.97. The lowest BCUT2D eigenvalue weighted by Crippen LogP contribution is -2.28. The van der Waals surface area contributed by atoms with Gasteiger partial charge in [-0.1, -0.05) is 23.7 Å². The van der Waals surface area contributed by atoms with Gasteiger partial charge in [-0.3, -0.25) is 4.68 Å². The molecule has 0 spiro atoms. The summed E-state index contributed by atoms with van der Waals surface area (Å²) in [5.74, 6) is 0. The van der Waals surface area contributed by atoms with Crippen LogP contribution in [0.3, 0.4) is 0 Å². The molecule has 0 amide bonds. The van der Waals surface area contributed by atoms with Crippen LogP contribution >= 0.6 is 11.6 Å². The molecule has 0 bridgehead atoms. The lowest BCUT2D eigenvalue weighted by molar-refractivity contribution is 0.476. The first kappa shape index (κ1) is 9.87. The summed E-state index contributed by atoms with van der Waals surface area (Å²) in [4.78, 5) is 0. The second kappa shape index (κ2) is 3.92. The van der Waals surface area contributed by atoms with Crippen LogP contribution in [-0.2, 0) is 13.1 Å². The molecule has 0 aliphatic carbocycles. The highest BCUT2D eigenvalue weighted by atomic mass is 35.5. The lowest BCUT2D eigenvalue weighted by atomic mass is 10.1. The van der Waals surface area contributed by atoms with Gasteiger partial charge >= 0.3 is 0 Å². The molecule has 0 fully saturated rings. The van der Waals surface area contributed by atoms with Gasteiger partial charge in [0.05, 0.1) is 17.9 Å². The molecule has 82 valence electrons. The molecule has 0 saturated heterocycles. The maximum atomic E-state index is 5.97. The van der Waals surface area contributed by atoms with Gasteiger partial charge in [-0.2, -0.15) is 5.10 Å². The first-order valence-corrected chi connectivity index (χ1v) is 5.74. The molecule has 1 aliphatic heterocycles. The number of nitrogens with one attached hydrogen (secondary N) is 1. The lowest BCUT2D eigenvalue weighted by Gasteiger charge is -2.13. The van der Waals surface area contributed by atoms with Gasteiger partial charge in [-0.25, -0.2) is 0 Å². The van der Waals surface area contributed by atoms with Crippen LogP contribution in [0.25, 0.3) is 11.3 Å². The second-order valence-electron chi connectivity index (χ2n) is 3.93. The van der Waals surface area contributed by atoms with Crippen LogP contribution in [0.2, 0.25) is 5.02 Å². The molecule has 16 heavy (non-hydrogen) atoms. The van der Waals surface area contributed by atoms with Crippen LogP contribution < -0.4 is 5.32 Å². The number of hydrogen-bond acceptors (Lipinski definition) is 2. The molecule has 1 aromatic heterocycles. The zero-order chi connectivity index (χ0) is 11.0. The Morgan fingerprint density at radius 3 is 3.06 bits per heavy atom. The number of fused-ring (bicyclic) bond motifs is 1. The van der Waals surface area contributed by atoms with E-state index in [1.54, 1.807) is 0 Å². The Hall–Kier alpha value is -1.32. The third kappa shape index (κ3) is 1.72. The van der Waals surface area contributed by atoms with Gasteiger partial charge in [0.1, 0.15) is 0 Å². The number of nitrogens with zero attached hydrogens (tertiary/aromatic N) is 2. The van der Waals surface area contributed by atoms with Gasteiger partial charge in [0, 0.05) is 23.7 Å². The Bertz CT molecular complexity index is 495. The van der Waals surface area contributed by atoms with Crippen LogP contribution in [0.1, 0.15) is 5.69 Å². The monoisotopic (exact) mass is 233 g/mol. The Morgan fingerprint density at radius 1 is 1.31 bits per heavy atom. The highest BCUT2D eigenvalue weighted by Gasteiger charge is 2.12. The van der Waals surface area contributed by atoms with E-state index in [-0.39, 0.29) is 0 Å². The third-order valence-corrected chi connectivity index (χ3v) is 3.03. The molecule has 0 saturated carbocycles. The third-order valence-electron chi connectivity index (χ3n) is 2.79. The van der Waals surface area contributed by atoms with E-state index in [4.69, 9.17) is 11.6 Å². The molecule has 0 unspecified atom stereocenters. The van der Waals surface area contributed by atoms with E-state index in [1.807, 2.05) is 24.3 Å². The van der Waals surface area contributed by atoms with Crippen molar-refractivity contribution in [2.45, 2.75) is 13.1 Å². The number of rotatable bonds is 1. The zero-order valence-electron chi connectivity index (χ0n) is 8.78. The smallest absolute Gasteiger partial charge is 0.0927 e. The van der Waals surface area contributed by atoms with Gasteiger partial charge < -0.3 is 5.32 Å². The first-order chi connectivity index (χ1) is 7.83. The van der Waals surface area contributed by atoms with Crippen molar-refractivity contribution in [1.29, 1.82) is 0 Å². The maximum absolute atomic E-state index is 5.97. The quantitative estimate of drug-likeness (QED) is 0.819. The van der Waals surface area contributed by atoms with E-state index >= 15 is 0 Å². The molecule has 2 aromatic rings. The average molecular weight is 234 g/mol. The molecule has 3 nitrogen and oxygen atoms in total. The van der Waals surface area contributed by atoms with Crippen molar-refractivity contribution >= 4 is 11.6 Å². The minimum atomic E-state index is 0.751. The van der Waals surface area contributed by atoms with Gasteiger partial charge in [0.15, 0.2) is 0 Å². The number of halogens is 1. The van der Waals surface area contributed by atoms with Gasteiger partial charge in [-0.05, 0) is 18.2 Å². The molecule has 1 aliphatic rings. The van der Waals surface area contributed by atoms with E-state index in [1.165, 1.54) is 5.69 Å². The zero-order valence-corrected chi connectivity index (χ0v) is 9.54. The van der Waals surface area contributed by atoms with E-state index in [9.17, 15) is 0 Å². The van der Waals surface area contributed by atoms with Crippen molar-refractivity contribution in [2.75, 3.05) is 6.54 Å². The van der Waals surface area contributed by atoms with Gasteiger partial charge in [0.2, 0.25) is 0 Å². The van der Waals surface area contributed by atoms with Crippen LogP contribution in [0, 0.1) is 0 Å². The van der Waals surface area contributed by atoms with Crippen molar-refractivity contribution in [3.05, 3.63) is 41.0 Å². The summed E-state index contributed by atoms with van der Waals surface area (Å²) in [6.07, 6.45) is 0. The maximum Gasteiger partial charge on any atom is 0.0927 e. The minimum absolute atomic E-state index is 0.751. The molecular formula is C12H12ClN3. The Kier molecular flexibility index (Phi) is 2.42. The molecule has 4 heteroatoms. The summed E-state index contributed by atoms with van der Waals surface area (Å²) in [6.45, 7) is 2.83. The van der Waals surface area contributed by atoms with E-state index in [0.29, 0.717) is 0 Å². The molecule has 0 atom stereocenters. The summed E-state index contributed by atoms with van der Waals surface area (Å²) in [5, 5.41) is 8.66. The SMILES string of the molecule is Clc1cccc(-c2cc3n(n2)CCNC3)c1. The predicted molar refractivity (Wildman–Crippen MR) is 64.4 cm³/mol. The van der Waals surface area contributed by atoms with Crippen molar-refractivity contribution < 1.29 is 0 Å². The summed E-state index contributed by atoms with van der Waals surface area (Å²) < 4.78 is 2.06. The Balaban J connectivity index is 2.03. The van der Waals surface area contributed by atoms with Crippen LogP contribution in [0.5, 0.6) is 0 Å². The predicted octanol–water partition coefficient (Wildman–Crippen LogP) is 2.31. The summed E-state index contributed by atoms with van der Waals surface area (Å²) in [5.41, 5.74) is 3.32. The van der Waals surface area contributed by atoms with Gasteiger partial charge in [0.25, 0.3) is 0 Å². The average Bonchev–Trinajstić information content (AvgIpc) is 2.72. The number of hydrogen-bond donors (Lipinski definition) is 1. The topological polar surface area (TPSA) is 29.9 Å². The first-order valence-electron chi connectivity index (χ1n) is 5.36. The highest BCUT2D eigenvalue weighted by molar-refractivity contribution is 6.30. The minimum Gasteiger partial charge on any atom is -0.309 e. The molecule has 2 heterocycles. The fraction of sp³-hybridized carbons (Fsp3) is 0.250. The van der Waals surface area contributed by atoms with E-state index in [0.717, 1.165) is 35.9 Å². The van der Waals surface area contributed by atoms with Crippen molar-refractivity contribution in [1.82, 2.24) is 15.1 Å². The highest BCUT2D eigenvalue weighted by Crippen LogP contribution is 2.23. The van der Waals surface area contributed by atoms with E-state index in [2.05, 4.69) is 21.2 Å². The number of benzene rings is 1. The van der Waals surface area contributed by atoms with Gasteiger partial charge in [-0.15, -0.1) is 0 Å². The van der Waals surface area contributed by atoms with Crippen LogP contribution in [-0.4, -0.2) is 16.3 Å². The van der Waals surface area contributed by atoms with E-state index < -0.39 is 0 Å². The molecule has 1 N–H and O–H groups in total. The van der Waals surface area contributed by atoms with Crippen LogP contribution in [0.4, 0.5) is 0 Å². The largest absolute Gasteiger partial charge is 0.309 e. The Labute approximate surface area is 99.0 Å². The Morgan fingerprint density at radius 2 is 2.25 bits per heavy atom. The summed E-state index contributed by atoms with van der Waals surface area (Å²) in [6, 6.07) is 9.94. The normalized spacial score (nSPS) is 14.8. The summed E-state index contributed by atoms with van der Waals surface area (Å²) in [7, 11) is 0. The fourth-order valence-electron chi connectivity index (χ4n) is 1.98. The molecule has 1 aromatic carbocycles. The number of aromatic nitrogens is 2. The van der Waals surface area contributed by atoms with Crippen molar-refractivity contribution in [3.8, 4) is 11.3 Å². The molecule has 3 rings (SSSR count). The second-order valence-corrected chi connectivity index (χ2v) is 4.37. The van der Waals surface area contributed by atoms with Crippen LogP contribution in [0.15, 0.2) is 30.3 Å².